The van der Waals surface area contributed by atoms with E-state index in [0.29, 0.717) is 12.2 Å². The third kappa shape index (κ3) is 3.53. The molecule has 0 radical (unpaired) electrons. The van der Waals surface area contributed by atoms with E-state index in [-0.39, 0.29) is 6.61 Å². The van der Waals surface area contributed by atoms with Crippen LogP contribution in [0.5, 0.6) is 5.75 Å². The lowest BCUT2D eigenvalue weighted by Gasteiger charge is -2.14. The molecule has 3 heteroatoms. The van der Waals surface area contributed by atoms with E-state index in [1.807, 2.05) is 24.3 Å². The maximum Gasteiger partial charge on any atom is 0.124 e. The van der Waals surface area contributed by atoms with Crippen LogP contribution in [-0.4, -0.2) is 23.9 Å². The molecule has 0 bridgehead atoms. The Morgan fingerprint density at radius 1 is 1.27 bits per heavy atom. The van der Waals surface area contributed by atoms with E-state index in [1.54, 1.807) is 7.11 Å². The van der Waals surface area contributed by atoms with E-state index >= 15 is 0 Å². The number of rotatable bonds is 6. The lowest BCUT2D eigenvalue weighted by atomic mass is 10.0. The summed E-state index contributed by atoms with van der Waals surface area (Å²) in [5.41, 5.74) is 0.818. The van der Waals surface area contributed by atoms with Gasteiger partial charge >= 0.3 is 0 Å². The van der Waals surface area contributed by atoms with Gasteiger partial charge in [0.05, 0.1) is 13.2 Å². The molecule has 2 N–H and O–H groups in total. The minimum atomic E-state index is -0.507. The molecule has 0 aliphatic rings. The van der Waals surface area contributed by atoms with Gasteiger partial charge in [-0.25, -0.2) is 0 Å². The van der Waals surface area contributed by atoms with Crippen LogP contribution in [0.4, 0.5) is 0 Å². The number of hydrogen-bond acceptors (Lipinski definition) is 3. The number of hydrogen-bond donors (Lipinski definition) is 2. The lowest BCUT2D eigenvalue weighted by Crippen LogP contribution is -2.00. The summed E-state index contributed by atoms with van der Waals surface area (Å²) in [6.45, 7) is 0.179. The summed E-state index contributed by atoms with van der Waals surface area (Å²) in [5, 5.41) is 18.5. The van der Waals surface area contributed by atoms with Crippen LogP contribution in [0, 0.1) is 0 Å². The van der Waals surface area contributed by atoms with Crippen molar-refractivity contribution in [2.75, 3.05) is 13.7 Å². The van der Waals surface area contributed by atoms with Crippen molar-refractivity contribution >= 4 is 0 Å². The molecule has 3 nitrogen and oxygen atoms in total. The summed E-state index contributed by atoms with van der Waals surface area (Å²) in [7, 11) is 1.60. The Morgan fingerprint density at radius 3 is 2.67 bits per heavy atom. The van der Waals surface area contributed by atoms with E-state index < -0.39 is 6.10 Å². The topological polar surface area (TPSA) is 49.7 Å². The van der Waals surface area contributed by atoms with Gasteiger partial charge in [0.15, 0.2) is 0 Å². The van der Waals surface area contributed by atoms with Gasteiger partial charge in [-0.2, -0.15) is 0 Å². The first-order chi connectivity index (χ1) is 7.29. The summed E-state index contributed by atoms with van der Waals surface area (Å²) < 4.78 is 5.16. The molecule has 0 heterocycles. The molecule has 1 aromatic carbocycles. The molecule has 0 spiro atoms. The van der Waals surface area contributed by atoms with Gasteiger partial charge in [-0.15, -0.1) is 0 Å². The Hall–Kier alpha value is -1.06. The molecular weight excluding hydrogens is 192 g/mol. The monoisotopic (exact) mass is 210 g/mol. The van der Waals surface area contributed by atoms with E-state index in [1.165, 1.54) is 0 Å². The largest absolute Gasteiger partial charge is 0.496 e. The Kier molecular flexibility index (Phi) is 5.15. The molecule has 15 heavy (non-hydrogen) atoms. The van der Waals surface area contributed by atoms with Crippen molar-refractivity contribution in [1.29, 1.82) is 0 Å². The summed E-state index contributed by atoms with van der Waals surface area (Å²) in [6.07, 6.45) is 1.69. The Bertz CT molecular complexity index is 286. The standard InChI is InChI=1S/C12H18O3/c1-15-12-8-3-2-6-10(12)11(14)7-4-5-9-13/h2-3,6,8,11,13-14H,4-5,7,9H2,1H3. The van der Waals surface area contributed by atoms with Gasteiger partial charge in [-0.1, -0.05) is 18.2 Å². The van der Waals surface area contributed by atoms with Crippen LogP contribution in [0.25, 0.3) is 0 Å². The molecule has 1 rings (SSSR count). The smallest absolute Gasteiger partial charge is 0.124 e. The number of para-hydroxylation sites is 1. The maximum absolute atomic E-state index is 9.90. The highest BCUT2D eigenvalue weighted by Crippen LogP contribution is 2.27. The van der Waals surface area contributed by atoms with Crippen LogP contribution >= 0.6 is 0 Å². The summed E-state index contributed by atoms with van der Waals surface area (Å²) >= 11 is 0. The maximum atomic E-state index is 9.90. The molecule has 0 aliphatic heterocycles. The first-order valence-corrected chi connectivity index (χ1v) is 5.21. The van der Waals surface area contributed by atoms with Crippen LogP contribution < -0.4 is 4.74 Å². The Morgan fingerprint density at radius 2 is 2.00 bits per heavy atom. The molecule has 1 unspecified atom stereocenters. The lowest BCUT2D eigenvalue weighted by molar-refractivity contribution is 0.155. The van der Waals surface area contributed by atoms with Gasteiger partial charge < -0.3 is 14.9 Å². The number of unbranched alkanes of at least 4 members (excludes halogenated alkanes) is 1. The van der Waals surface area contributed by atoms with Crippen molar-refractivity contribution in [2.24, 2.45) is 0 Å². The fourth-order valence-electron chi connectivity index (χ4n) is 1.55. The molecule has 0 saturated carbocycles. The first kappa shape index (κ1) is 12.0. The Balaban J connectivity index is 2.59. The second kappa shape index (κ2) is 6.43. The third-order valence-electron chi connectivity index (χ3n) is 2.38. The minimum Gasteiger partial charge on any atom is -0.496 e. The van der Waals surface area contributed by atoms with Crippen molar-refractivity contribution in [3.8, 4) is 5.75 Å². The van der Waals surface area contributed by atoms with E-state index in [9.17, 15) is 5.11 Å². The molecule has 0 saturated heterocycles. The van der Waals surface area contributed by atoms with Crippen molar-refractivity contribution < 1.29 is 14.9 Å². The molecule has 0 aliphatic carbocycles. The van der Waals surface area contributed by atoms with Crippen LogP contribution in [0.2, 0.25) is 0 Å². The molecule has 0 aromatic heterocycles. The second-order valence-corrected chi connectivity index (χ2v) is 3.48. The number of methoxy groups -OCH3 is 1. The normalized spacial score (nSPS) is 12.5. The number of ether oxygens (including phenoxy) is 1. The second-order valence-electron chi connectivity index (χ2n) is 3.48. The molecule has 1 aromatic rings. The van der Waals surface area contributed by atoms with Gasteiger partial charge in [0, 0.05) is 12.2 Å². The number of aliphatic hydroxyl groups is 2. The first-order valence-electron chi connectivity index (χ1n) is 5.21. The van der Waals surface area contributed by atoms with Gasteiger partial charge in [0.2, 0.25) is 0 Å². The zero-order valence-corrected chi connectivity index (χ0v) is 9.02. The average Bonchev–Trinajstić information content (AvgIpc) is 2.29. The van der Waals surface area contributed by atoms with Crippen LogP contribution in [0.1, 0.15) is 30.9 Å². The van der Waals surface area contributed by atoms with Crippen molar-refractivity contribution in [1.82, 2.24) is 0 Å². The SMILES string of the molecule is COc1ccccc1C(O)CCCCO. The molecule has 0 fully saturated rings. The van der Waals surface area contributed by atoms with E-state index in [2.05, 4.69) is 0 Å². The van der Waals surface area contributed by atoms with E-state index in [0.717, 1.165) is 18.4 Å². The summed E-state index contributed by atoms with van der Waals surface area (Å²) in [5.74, 6) is 0.717. The highest BCUT2D eigenvalue weighted by molar-refractivity contribution is 5.34. The van der Waals surface area contributed by atoms with Crippen LogP contribution in [0.3, 0.4) is 0 Å². The highest BCUT2D eigenvalue weighted by atomic mass is 16.5. The van der Waals surface area contributed by atoms with Gasteiger partial charge in [-0.3, -0.25) is 0 Å². The van der Waals surface area contributed by atoms with Gasteiger partial charge in [0.25, 0.3) is 0 Å². The highest BCUT2D eigenvalue weighted by Gasteiger charge is 2.11. The van der Waals surface area contributed by atoms with E-state index in [4.69, 9.17) is 9.84 Å². The quantitative estimate of drug-likeness (QED) is 0.705. The van der Waals surface area contributed by atoms with Crippen LogP contribution in [-0.2, 0) is 0 Å². The fraction of sp³-hybridized carbons (Fsp3) is 0.500. The molecule has 84 valence electrons. The number of benzene rings is 1. The van der Waals surface area contributed by atoms with Crippen LogP contribution in [0.15, 0.2) is 24.3 Å². The summed E-state index contributed by atoms with van der Waals surface area (Å²) in [4.78, 5) is 0. The average molecular weight is 210 g/mol. The predicted octanol–water partition coefficient (Wildman–Crippen LogP) is 1.89. The third-order valence-corrected chi connectivity index (χ3v) is 2.38. The minimum absolute atomic E-state index is 0.179. The fourth-order valence-corrected chi connectivity index (χ4v) is 1.55. The van der Waals surface area contributed by atoms with Crippen molar-refractivity contribution in [2.45, 2.75) is 25.4 Å². The van der Waals surface area contributed by atoms with Crippen molar-refractivity contribution in [3.63, 3.8) is 0 Å². The summed E-state index contributed by atoms with van der Waals surface area (Å²) in [6, 6.07) is 7.46. The van der Waals surface area contributed by atoms with Gasteiger partial charge in [0.1, 0.15) is 5.75 Å². The van der Waals surface area contributed by atoms with Crippen molar-refractivity contribution in [3.05, 3.63) is 29.8 Å². The predicted molar refractivity (Wildman–Crippen MR) is 58.9 cm³/mol. The zero-order chi connectivity index (χ0) is 11.1. The zero-order valence-electron chi connectivity index (χ0n) is 9.02. The molecule has 1 atom stereocenters. The Labute approximate surface area is 90.3 Å². The molecule has 0 amide bonds. The number of aliphatic hydroxyl groups excluding tert-OH is 2. The van der Waals surface area contributed by atoms with Gasteiger partial charge in [-0.05, 0) is 25.3 Å². The molecular formula is C12H18O3.